The van der Waals surface area contributed by atoms with Crippen molar-refractivity contribution in [1.82, 2.24) is 20.3 Å². The van der Waals surface area contributed by atoms with Crippen molar-refractivity contribution in [2.75, 3.05) is 47.0 Å². The topological polar surface area (TPSA) is 177 Å². The molecule has 0 bridgehead atoms. The number of nitrogens with zero attached hydrogens (tertiary/aromatic N) is 5. The number of aryl methyl sites for hydroxylation is 1. The predicted molar refractivity (Wildman–Crippen MR) is 180 cm³/mol. The Morgan fingerprint density at radius 1 is 1.15 bits per heavy atom. The number of anilines is 4. The van der Waals surface area contributed by atoms with E-state index >= 15 is 0 Å². The molecule has 14 heteroatoms. The average Bonchev–Trinajstić information content (AvgIpc) is 3.05. The zero-order chi connectivity index (χ0) is 33.6. The van der Waals surface area contributed by atoms with E-state index in [1.807, 2.05) is 6.92 Å². The van der Waals surface area contributed by atoms with Gasteiger partial charge in [0, 0.05) is 49.4 Å². The molecule has 2 aliphatic heterocycles. The Balaban J connectivity index is 1.26. The zero-order valence-corrected chi connectivity index (χ0v) is 27.3. The van der Waals surface area contributed by atoms with Crippen LogP contribution in [0.4, 0.5) is 33.6 Å². The number of hydrogen-bond donors (Lipinski definition) is 4. The van der Waals surface area contributed by atoms with Crippen molar-refractivity contribution >= 4 is 40.8 Å². The summed E-state index contributed by atoms with van der Waals surface area (Å²) in [6.45, 7) is 9.77. The van der Waals surface area contributed by atoms with Gasteiger partial charge in [0.2, 0.25) is 0 Å². The molecule has 0 radical (unpaired) electrons. The highest BCUT2D eigenvalue weighted by atomic mass is 16.6. The molecule has 2 aromatic heterocycles. The number of nitrogens with one attached hydrogen (secondary N) is 4. The zero-order valence-electron chi connectivity index (χ0n) is 27.3. The fraction of sp³-hybridized carbons (Fsp3) is 0.485. The number of aromatic nitrogens is 3. The van der Waals surface area contributed by atoms with E-state index in [9.17, 15) is 19.7 Å². The summed E-state index contributed by atoms with van der Waals surface area (Å²) < 4.78 is 5.57. The number of urea groups is 1. The number of hydrogen-bond acceptors (Lipinski definition) is 11. The largest absolute Gasteiger partial charge is 0.458 e. The average molecular weight is 646 g/mol. The van der Waals surface area contributed by atoms with Crippen LogP contribution in [0.3, 0.4) is 0 Å². The molecule has 0 aliphatic carbocycles. The van der Waals surface area contributed by atoms with Crippen molar-refractivity contribution in [1.29, 1.82) is 0 Å². The lowest BCUT2D eigenvalue weighted by Gasteiger charge is -2.34. The summed E-state index contributed by atoms with van der Waals surface area (Å²) in [5.41, 5.74) is 2.24. The lowest BCUT2D eigenvalue weighted by molar-refractivity contribution is -0.383. The van der Waals surface area contributed by atoms with Crippen LogP contribution in [-0.4, -0.2) is 69.7 Å². The van der Waals surface area contributed by atoms with Crippen LogP contribution < -0.4 is 26.2 Å². The van der Waals surface area contributed by atoms with Crippen molar-refractivity contribution in [2.45, 2.75) is 77.4 Å². The Morgan fingerprint density at radius 3 is 2.64 bits per heavy atom. The monoisotopic (exact) mass is 645 g/mol. The van der Waals surface area contributed by atoms with Gasteiger partial charge in [-0.2, -0.15) is 0 Å². The molecule has 3 aromatic rings. The maximum absolute atomic E-state index is 13.2. The third kappa shape index (κ3) is 8.43. The number of nitro benzene ring substituents is 1. The van der Waals surface area contributed by atoms with Crippen LogP contribution >= 0.6 is 0 Å². The number of carbonyl (C=O) groups is 2. The number of nitro groups is 1. The van der Waals surface area contributed by atoms with Gasteiger partial charge in [-0.1, -0.05) is 25.1 Å². The van der Waals surface area contributed by atoms with Crippen molar-refractivity contribution < 1.29 is 19.2 Å². The van der Waals surface area contributed by atoms with Crippen LogP contribution in [0.5, 0.6) is 0 Å². The van der Waals surface area contributed by atoms with E-state index in [-0.39, 0.29) is 17.9 Å². The van der Waals surface area contributed by atoms with Crippen LogP contribution in [0.15, 0.2) is 42.7 Å². The Hall–Kier alpha value is -5.01. The number of carbonyl (C=O) groups excluding carboxylic acids is 2. The van der Waals surface area contributed by atoms with Gasteiger partial charge in [-0.25, -0.2) is 24.5 Å². The molecule has 5 rings (SSSR count). The first kappa shape index (κ1) is 33.4. The van der Waals surface area contributed by atoms with Gasteiger partial charge in [0.1, 0.15) is 41.1 Å². The second-order valence-electron chi connectivity index (χ2n) is 12.8. The number of pyridine rings is 1. The molecule has 1 atom stereocenters. The van der Waals surface area contributed by atoms with Gasteiger partial charge in [-0.05, 0) is 70.6 Å². The molecule has 47 heavy (non-hydrogen) atoms. The highest BCUT2D eigenvalue weighted by Gasteiger charge is 2.29. The molecule has 2 aliphatic rings. The maximum atomic E-state index is 13.2. The standard InChI is InChI=1S/C33H43N9O5/c1-5-23-29(35-19-26(31(43)47-33(2,3)4)40-32(44)39-25-10-6-7-11-27(25)42(45)46)36-20-37-30(23)41-17-14-21(15-18-41)24-13-12-22-9-8-16-34-28(22)38-24/h6-7,10-13,20-21,26H,5,8-9,14-19H2,1-4H3,(H,34,38)(H,35,36,37)(H2,39,40,44). The van der Waals surface area contributed by atoms with Gasteiger partial charge >= 0.3 is 12.0 Å². The predicted octanol–water partition coefficient (Wildman–Crippen LogP) is 5.03. The molecule has 2 amide bonds. The van der Waals surface area contributed by atoms with Gasteiger partial charge < -0.3 is 30.9 Å². The molecular weight excluding hydrogens is 602 g/mol. The smallest absolute Gasteiger partial charge is 0.331 e. The second-order valence-corrected chi connectivity index (χ2v) is 12.8. The Morgan fingerprint density at radius 2 is 1.91 bits per heavy atom. The van der Waals surface area contributed by atoms with E-state index in [4.69, 9.17) is 9.72 Å². The third-order valence-corrected chi connectivity index (χ3v) is 8.22. The highest BCUT2D eigenvalue weighted by molar-refractivity contribution is 5.94. The Kier molecular flexibility index (Phi) is 10.4. The molecule has 1 aromatic carbocycles. The maximum Gasteiger partial charge on any atom is 0.331 e. The van der Waals surface area contributed by atoms with Crippen LogP contribution in [0.1, 0.15) is 69.7 Å². The minimum atomic E-state index is -1.13. The number of rotatable bonds is 10. The number of esters is 1. The van der Waals surface area contributed by atoms with Crippen molar-refractivity contribution in [3.05, 3.63) is 69.7 Å². The van der Waals surface area contributed by atoms with Gasteiger partial charge in [0.15, 0.2) is 0 Å². The molecule has 1 saturated heterocycles. The van der Waals surface area contributed by atoms with E-state index in [1.54, 1.807) is 26.8 Å². The minimum absolute atomic E-state index is 0.00227. The normalized spacial score (nSPS) is 15.5. The summed E-state index contributed by atoms with van der Waals surface area (Å²) in [4.78, 5) is 53.3. The number of para-hydroxylation sites is 2. The van der Waals surface area contributed by atoms with Gasteiger partial charge in [0.05, 0.1) is 4.92 Å². The molecule has 250 valence electrons. The van der Waals surface area contributed by atoms with E-state index in [0.717, 1.165) is 68.2 Å². The number of amides is 2. The van der Waals surface area contributed by atoms with E-state index in [2.05, 4.69) is 48.3 Å². The molecule has 0 spiro atoms. The molecular formula is C33H43N9O5. The summed E-state index contributed by atoms with van der Waals surface area (Å²) in [6, 6.07) is 8.23. The van der Waals surface area contributed by atoms with Crippen molar-refractivity contribution in [2.24, 2.45) is 0 Å². The first-order chi connectivity index (χ1) is 22.5. The SMILES string of the molecule is CCc1c(NCC(NC(=O)Nc2ccccc2[N+](=O)[O-])C(=O)OC(C)(C)C)ncnc1N1CCC(c2ccc3c(n2)NCCC3)CC1. The van der Waals surface area contributed by atoms with E-state index in [0.29, 0.717) is 18.2 Å². The van der Waals surface area contributed by atoms with Crippen LogP contribution in [-0.2, 0) is 22.4 Å². The summed E-state index contributed by atoms with van der Waals surface area (Å²) >= 11 is 0. The Labute approximate surface area is 274 Å². The lowest BCUT2D eigenvalue weighted by Crippen LogP contribution is -2.49. The number of benzene rings is 1. The fourth-order valence-corrected chi connectivity index (χ4v) is 5.93. The molecule has 1 unspecified atom stereocenters. The molecule has 14 nitrogen and oxygen atoms in total. The quantitative estimate of drug-likeness (QED) is 0.132. The summed E-state index contributed by atoms with van der Waals surface area (Å²) in [5, 5.41) is 23.2. The lowest BCUT2D eigenvalue weighted by atomic mass is 9.92. The molecule has 0 saturated carbocycles. The number of piperidine rings is 1. The first-order valence-corrected chi connectivity index (χ1v) is 16.1. The van der Waals surface area contributed by atoms with Crippen molar-refractivity contribution in [3.63, 3.8) is 0 Å². The van der Waals surface area contributed by atoms with Crippen LogP contribution in [0.2, 0.25) is 0 Å². The van der Waals surface area contributed by atoms with Gasteiger partial charge in [0.25, 0.3) is 5.69 Å². The molecule has 4 N–H and O–H groups in total. The third-order valence-electron chi connectivity index (χ3n) is 8.22. The Bertz CT molecular complexity index is 1600. The summed E-state index contributed by atoms with van der Waals surface area (Å²) in [5.74, 6) is 2.11. The van der Waals surface area contributed by atoms with Gasteiger partial charge in [-0.15, -0.1) is 0 Å². The van der Waals surface area contributed by atoms with Crippen LogP contribution in [0.25, 0.3) is 0 Å². The summed E-state index contributed by atoms with van der Waals surface area (Å²) in [7, 11) is 0. The van der Waals surface area contributed by atoms with E-state index in [1.165, 1.54) is 30.1 Å². The highest BCUT2D eigenvalue weighted by Crippen LogP contribution is 2.33. The fourth-order valence-electron chi connectivity index (χ4n) is 5.93. The van der Waals surface area contributed by atoms with Crippen molar-refractivity contribution in [3.8, 4) is 0 Å². The van der Waals surface area contributed by atoms with Gasteiger partial charge in [-0.3, -0.25) is 10.1 Å². The molecule has 4 heterocycles. The van der Waals surface area contributed by atoms with E-state index < -0.39 is 28.6 Å². The number of fused-ring (bicyclic) bond motifs is 1. The summed E-state index contributed by atoms with van der Waals surface area (Å²) in [6.07, 6.45) is 6.23. The van der Waals surface area contributed by atoms with Crippen LogP contribution in [0, 0.1) is 10.1 Å². The molecule has 1 fully saturated rings. The second kappa shape index (κ2) is 14.6. The minimum Gasteiger partial charge on any atom is -0.458 e. The number of ether oxygens (including phenoxy) is 1. The first-order valence-electron chi connectivity index (χ1n) is 16.1.